The lowest BCUT2D eigenvalue weighted by molar-refractivity contribution is -0.673. The quantitative estimate of drug-likeness (QED) is 0.668. The van der Waals surface area contributed by atoms with Gasteiger partial charge in [0, 0.05) is 29.5 Å². The number of nitrogens with zero attached hydrogens (tertiary/aromatic N) is 3. The monoisotopic (exact) mass is 334 g/mol. The molecule has 128 valence electrons. The zero-order valence-corrected chi connectivity index (χ0v) is 15.2. The van der Waals surface area contributed by atoms with Gasteiger partial charge in [0.2, 0.25) is 5.69 Å². The third-order valence-electron chi connectivity index (χ3n) is 4.27. The van der Waals surface area contributed by atoms with E-state index in [0.717, 1.165) is 34.0 Å². The minimum atomic E-state index is 0.698. The summed E-state index contributed by atoms with van der Waals surface area (Å²) >= 11 is 0. The average molecular weight is 334 g/mol. The van der Waals surface area contributed by atoms with E-state index >= 15 is 0 Å². The van der Waals surface area contributed by atoms with Crippen LogP contribution in [0.25, 0.3) is 12.2 Å². The first kappa shape index (κ1) is 17.0. The van der Waals surface area contributed by atoms with Crippen molar-refractivity contribution in [2.45, 2.75) is 20.4 Å². The number of aryl methyl sites for hydroxylation is 3. The molecule has 0 radical (unpaired) electrons. The molecule has 1 aromatic carbocycles. The number of aromatic nitrogens is 3. The number of rotatable bonds is 5. The Morgan fingerprint density at radius 1 is 1.12 bits per heavy atom. The van der Waals surface area contributed by atoms with Crippen LogP contribution in [-0.4, -0.2) is 16.9 Å². The molecule has 0 aliphatic heterocycles. The van der Waals surface area contributed by atoms with Gasteiger partial charge in [0.15, 0.2) is 6.20 Å². The third-order valence-corrected chi connectivity index (χ3v) is 4.27. The van der Waals surface area contributed by atoms with Crippen LogP contribution in [-0.2, 0) is 13.6 Å². The summed E-state index contributed by atoms with van der Waals surface area (Å²) in [6.07, 6.45) is 6.29. The predicted molar refractivity (Wildman–Crippen MR) is 100 cm³/mol. The molecule has 0 unspecified atom stereocenters. The van der Waals surface area contributed by atoms with E-state index < -0.39 is 0 Å². The molecule has 0 fully saturated rings. The van der Waals surface area contributed by atoms with Crippen LogP contribution < -0.4 is 9.30 Å². The largest absolute Gasteiger partial charge is 0.496 e. The molecule has 0 aliphatic carbocycles. The number of hydrogen-bond acceptors (Lipinski definition) is 2. The average Bonchev–Trinajstić information content (AvgIpc) is 2.91. The normalized spacial score (nSPS) is 11.2. The summed E-state index contributed by atoms with van der Waals surface area (Å²) < 4.78 is 9.64. The molecule has 0 N–H and O–H groups in total. The Morgan fingerprint density at radius 3 is 2.64 bits per heavy atom. The molecule has 4 nitrogen and oxygen atoms in total. The molecule has 0 spiro atoms. The summed E-state index contributed by atoms with van der Waals surface area (Å²) in [5.74, 6) is 0.884. The number of pyridine rings is 1. The van der Waals surface area contributed by atoms with Gasteiger partial charge in [-0.25, -0.2) is 4.57 Å². The Balaban J connectivity index is 1.89. The fraction of sp³-hybridized carbons (Fsp3) is 0.238. The minimum absolute atomic E-state index is 0.698. The molecule has 0 bridgehead atoms. The summed E-state index contributed by atoms with van der Waals surface area (Å²) in [5, 5.41) is 4.56. The lowest BCUT2D eigenvalue weighted by Crippen LogP contribution is -2.30. The van der Waals surface area contributed by atoms with Gasteiger partial charge in [0.05, 0.1) is 19.3 Å². The SMILES string of the molecule is COc1ccc(/C=C/c2cccc[n+]2C)cc1Cn1nc(C)cc1C. The van der Waals surface area contributed by atoms with Gasteiger partial charge in [-0.2, -0.15) is 5.10 Å². The summed E-state index contributed by atoms with van der Waals surface area (Å²) in [6, 6.07) is 14.5. The highest BCUT2D eigenvalue weighted by Crippen LogP contribution is 2.22. The van der Waals surface area contributed by atoms with Crippen molar-refractivity contribution in [2.75, 3.05) is 7.11 Å². The van der Waals surface area contributed by atoms with Crippen molar-refractivity contribution in [1.29, 1.82) is 0 Å². The number of benzene rings is 1. The summed E-state index contributed by atoms with van der Waals surface area (Å²) in [5.41, 5.74) is 5.59. The maximum absolute atomic E-state index is 5.53. The third kappa shape index (κ3) is 3.97. The molecule has 4 heteroatoms. The van der Waals surface area contributed by atoms with Crippen LogP contribution in [0, 0.1) is 13.8 Å². The van der Waals surface area contributed by atoms with Crippen LogP contribution in [0.4, 0.5) is 0 Å². The fourth-order valence-corrected chi connectivity index (χ4v) is 2.91. The van der Waals surface area contributed by atoms with E-state index in [1.807, 2.05) is 43.0 Å². The van der Waals surface area contributed by atoms with Crippen LogP contribution in [0.1, 0.15) is 28.2 Å². The number of ether oxygens (including phenoxy) is 1. The van der Waals surface area contributed by atoms with Crippen LogP contribution in [0.15, 0.2) is 48.7 Å². The molecule has 2 heterocycles. The van der Waals surface area contributed by atoms with Crippen LogP contribution in [0.3, 0.4) is 0 Å². The van der Waals surface area contributed by atoms with Crippen molar-refractivity contribution in [1.82, 2.24) is 9.78 Å². The van der Waals surface area contributed by atoms with Crippen LogP contribution in [0.5, 0.6) is 5.75 Å². The van der Waals surface area contributed by atoms with Crippen molar-refractivity contribution in [3.63, 3.8) is 0 Å². The maximum atomic E-state index is 5.53. The van der Waals surface area contributed by atoms with Gasteiger partial charge in [-0.3, -0.25) is 4.68 Å². The Kier molecular flexibility index (Phi) is 4.98. The number of hydrogen-bond donors (Lipinski definition) is 0. The summed E-state index contributed by atoms with van der Waals surface area (Å²) in [6.45, 7) is 4.79. The van der Waals surface area contributed by atoms with E-state index in [4.69, 9.17) is 4.74 Å². The van der Waals surface area contributed by atoms with Gasteiger partial charge in [0.1, 0.15) is 12.8 Å². The first-order chi connectivity index (χ1) is 12.1. The second-order valence-corrected chi connectivity index (χ2v) is 6.23. The predicted octanol–water partition coefficient (Wildman–Crippen LogP) is 3.55. The zero-order chi connectivity index (χ0) is 17.8. The molecular weight excluding hydrogens is 310 g/mol. The highest BCUT2D eigenvalue weighted by atomic mass is 16.5. The fourth-order valence-electron chi connectivity index (χ4n) is 2.91. The molecule has 0 saturated carbocycles. The highest BCUT2D eigenvalue weighted by Gasteiger charge is 2.08. The Labute approximate surface area is 149 Å². The van der Waals surface area contributed by atoms with Gasteiger partial charge in [-0.1, -0.05) is 6.07 Å². The highest BCUT2D eigenvalue weighted by molar-refractivity contribution is 5.68. The van der Waals surface area contributed by atoms with Crippen molar-refractivity contribution < 1.29 is 9.30 Å². The topological polar surface area (TPSA) is 30.9 Å². The number of methoxy groups -OCH3 is 1. The van der Waals surface area contributed by atoms with E-state index in [1.54, 1.807) is 7.11 Å². The molecular formula is C21H24N3O+. The van der Waals surface area contributed by atoms with Crippen LogP contribution >= 0.6 is 0 Å². The van der Waals surface area contributed by atoms with Crippen molar-refractivity contribution in [3.8, 4) is 5.75 Å². The smallest absolute Gasteiger partial charge is 0.204 e. The van der Waals surface area contributed by atoms with E-state index in [9.17, 15) is 0 Å². The maximum Gasteiger partial charge on any atom is 0.204 e. The molecule has 2 aromatic heterocycles. The van der Waals surface area contributed by atoms with Crippen molar-refractivity contribution in [3.05, 3.63) is 76.9 Å². The summed E-state index contributed by atoms with van der Waals surface area (Å²) in [7, 11) is 3.75. The lowest BCUT2D eigenvalue weighted by atomic mass is 10.1. The first-order valence-corrected chi connectivity index (χ1v) is 8.37. The molecule has 0 saturated heterocycles. The van der Waals surface area contributed by atoms with E-state index in [1.165, 1.54) is 0 Å². The molecule has 3 aromatic rings. The summed E-state index contributed by atoms with van der Waals surface area (Å²) in [4.78, 5) is 0. The zero-order valence-electron chi connectivity index (χ0n) is 15.2. The second kappa shape index (κ2) is 7.34. The van der Waals surface area contributed by atoms with Crippen molar-refractivity contribution >= 4 is 12.2 Å². The standard InChI is InChI=1S/C21H24N3O/c1-16-13-17(2)24(22-16)15-19-14-18(9-11-21(19)25-4)8-10-20-7-5-6-12-23(20)3/h5-14H,15H2,1-4H3/q+1/b10-8+. The van der Waals surface area contributed by atoms with Gasteiger partial charge >= 0.3 is 0 Å². The van der Waals surface area contributed by atoms with Crippen molar-refractivity contribution in [2.24, 2.45) is 7.05 Å². The molecule has 0 amide bonds. The lowest BCUT2D eigenvalue weighted by Gasteiger charge is -2.11. The van der Waals surface area contributed by atoms with Crippen LogP contribution in [0.2, 0.25) is 0 Å². The van der Waals surface area contributed by atoms with Gasteiger partial charge in [0.25, 0.3) is 0 Å². The van der Waals surface area contributed by atoms with Gasteiger partial charge in [-0.05, 0) is 49.8 Å². The van der Waals surface area contributed by atoms with E-state index in [2.05, 4.69) is 53.0 Å². The second-order valence-electron chi connectivity index (χ2n) is 6.23. The Bertz CT molecular complexity index is 909. The van der Waals surface area contributed by atoms with Gasteiger partial charge in [-0.15, -0.1) is 0 Å². The first-order valence-electron chi connectivity index (χ1n) is 8.37. The van der Waals surface area contributed by atoms with E-state index in [-0.39, 0.29) is 0 Å². The van der Waals surface area contributed by atoms with E-state index in [0.29, 0.717) is 6.54 Å². The van der Waals surface area contributed by atoms with Gasteiger partial charge < -0.3 is 4.74 Å². The molecule has 3 rings (SSSR count). The Morgan fingerprint density at radius 2 is 1.96 bits per heavy atom. The molecule has 25 heavy (non-hydrogen) atoms. The minimum Gasteiger partial charge on any atom is -0.496 e. The molecule has 0 aliphatic rings. The Hall–Kier alpha value is -2.88. The molecule has 0 atom stereocenters.